The molecule has 2 N–H and O–H groups in total. The maximum atomic E-state index is 9.42. The van der Waals surface area contributed by atoms with Crippen LogP contribution in [0, 0.1) is 6.92 Å². The van der Waals surface area contributed by atoms with E-state index >= 15 is 0 Å². The highest BCUT2D eigenvalue weighted by molar-refractivity contribution is 5.50. The van der Waals surface area contributed by atoms with Gasteiger partial charge >= 0.3 is 0 Å². The highest BCUT2D eigenvalue weighted by atomic mass is 16.5. The molecule has 0 amide bonds. The summed E-state index contributed by atoms with van der Waals surface area (Å²) in [7, 11) is 1.70. The second-order valence-corrected chi connectivity index (χ2v) is 5.01. The Hall–Kier alpha value is -1.06. The number of hydrogen-bond donors (Lipinski definition) is 2. The van der Waals surface area contributed by atoms with Crippen molar-refractivity contribution in [2.75, 3.05) is 19.0 Å². The number of aryl methyl sites for hydroxylation is 1. The maximum absolute atomic E-state index is 9.42. The minimum absolute atomic E-state index is 0.00560. The minimum Gasteiger partial charge on any atom is -0.394 e. The standard InChI is InChI=1S/C14H23NO2/c1-11-7-5-6-8-13(11)15-12(10-16)9-14(2,3)17-4/h5-8,12,15-16H,9-10H2,1-4H3. The van der Waals surface area contributed by atoms with E-state index in [2.05, 4.69) is 18.3 Å². The summed E-state index contributed by atoms with van der Waals surface area (Å²) >= 11 is 0. The van der Waals surface area contributed by atoms with Crippen LogP contribution in [0.15, 0.2) is 24.3 Å². The topological polar surface area (TPSA) is 41.5 Å². The van der Waals surface area contributed by atoms with E-state index in [1.807, 2.05) is 32.0 Å². The average molecular weight is 237 g/mol. The number of benzene rings is 1. The molecule has 0 radical (unpaired) electrons. The summed E-state index contributed by atoms with van der Waals surface area (Å²) in [5.74, 6) is 0. The Morgan fingerprint density at radius 2 is 2.00 bits per heavy atom. The molecule has 0 aliphatic carbocycles. The number of anilines is 1. The molecule has 1 rings (SSSR count). The van der Waals surface area contributed by atoms with Crippen molar-refractivity contribution in [2.45, 2.75) is 38.8 Å². The van der Waals surface area contributed by atoms with Gasteiger partial charge in [0, 0.05) is 12.8 Å². The molecule has 0 saturated carbocycles. The van der Waals surface area contributed by atoms with Crippen molar-refractivity contribution < 1.29 is 9.84 Å². The van der Waals surface area contributed by atoms with E-state index < -0.39 is 0 Å². The van der Waals surface area contributed by atoms with Crippen LogP contribution in [0.4, 0.5) is 5.69 Å². The van der Waals surface area contributed by atoms with Crippen molar-refractivity contribution in [3.63, 3.8) is 0 Å². The molecule has 17 heavy (non-hydrogen) atoms. The van der Waals surface area contributed by atoms with Crippen molar-refractivity contribution in [3.05, 3.63) is 29.8 Å². The molecule has 1 unspecified atom stereocenters. The van der Waals surface area contributed by atoms with Crippen LogP contribution >= 0.6 is 0 Å². The van der Waals surface area contributed by atoms with Crippen LogP contribution in [0.25, 0.3) is 0 Å². The predicted octanol–water partition coefficient (Wildman–Crippen LogP) is 2.58. The van der Waals surface area contributed by atoms with E-state index in [1.54, 1.807) is 7.11 Å². The third-order valence-electron chi connectivity index (χ3n) is 3.02. The SMILES string of the molecule is COC(C)(C)CC(CO)Nc1ccccc1C. The molecule has 3 nitrogen and oxygen atoms in total. The number of aliphatic hydroxyl groups excluding tert-OH is 1. The Morgan fingerprint density at radius 1 is 1.35 bits per heavy atom. The first-order valence-electron chi connectivity index (χ1n) is 5.96. The van der Waals surface area contributed by atoms with Gasteiger partial charge in [0.15, 0.2) is 0 Å². The first-order valence-corrected chi connectivity index (χ1v) is 5.96. The van der Waals surface area contributed by atoms with E-state index in [9.17, 15) is 5.11 Å². The summed E-state index contributed by atoms with van der Waals surface area (Å²) in [6.07, 6.45) is 0.758. The number of rotatable bonds is 6. The van der Waals surface area contributed by atoms with E-state index in [0.29, 0.717) is 0 Å². The number of aliphatic hydroxyl groups is 1. The van der Waals surface area contributed by atoms with Gasteiger partial charge in [0.05, 0.1) is 18.2 Å². The van der Waals surface area contributed by atoms with Gasteiger partial charge in [-0.1, -0.05) is 18.2 Å². The molecule has 0 heterocycles. The first kappa shape index (κ1) is 14.0. The quantitative estimate of drug-likeness (QED) is 0.799. The van der Waals surface area contributed by atoms with Crippen LogP contribution < -0.4 is 5.32 Å². The Labute approximate surface area is 104 Å². The van der Waals surface area contributed by atoms with Gasteiger partial charge in [0.25, 0.3) is 0 Å². The number of nitrogens with one attached hydrogen (secondary N) is 1. The maximum Gasteiger partial charge on any atom is 0.0643 e. The molecule has 0 aromatic heterocycles. The Balaban J connectivity index is 2.68. The minimum atomic E-state index is -0.233. The third-order valence-corrected chi connectivity index (χ3v) is 3.02. The van der Waals surface area contributed by atoms with E-state index in [-0.39, 0.29) is 18.2 Å². The van der Waals surface area contributed by atoms with Crippen LogP contribution in [0.5, 0.6) is 0 Å². The molecule has 1 aromatic carbocycles. The molecule has 1 atom stereocenters. The van der Waals surface area contributed by atoms with E-state index in [1.165, 1.54) is 5.56 Å². The van der Waals surface area contributed by atoms with Crippen molar-refractivity contribution in [1.29, 1.82) is 0 Å². The summed E-state index contributed by atoms with van der Waals surface area (Å²) < 4.78 is 5.39. The van der Waals surface area contributed by atoms with Gasteiger partial charge in [-0.15, -0.1) is 0 Å². The number of methoxy groups -OCH3 is 1. The van der Waals surface area contributed by atoms with Gasteiger partial charge in [-0.05, 0) is 38.8 Å². The predicted molar refractivity (Wildman–Crippen MR) is 71.4 cm³/mol. The Bertz CT molecular complexity index is 350. The van der Waals surface area contributed by atoms with Crippen LogP contribution in [0.3, 0.4) is 0 Å². The van der Waals surface area contributed by atoms with Gasteiger partial charge in [-0.2, -0.15) is 0 Å². The lowest BCUT2D eigenvalue weighted by molar-refractivity contribution is 0.00748. The van der Waals surface area contributed by atoms with Gasteiger partial charge < -0.3 is 15.2 Å². The summed E-state index contributed by atoms with van der Waals surface area (Å²) in [5, 5.41) is 12.8. The number of para-hydroxylation sites is 1. The zero-order chi connectivity index (χ0) is 12.9. The van der Waals surface area contributed by atoms with Crippen molar-refractivity contribution in [3.8, 4) is 0 Å². The smallest absolute Gasteiger partial charge is 0.0643 e. The summed E-state index contributed by atoms with van der Waals surface area (Å²) in [6.45, 7) is 6.20. The lowest BCUT2D eigenvalue weighted by Gasteiger charge is -2.29. The molecular weight excluding hydrogens is 214 g/mol. The Kier molecular flexibility index (Phi) is 4.97. The summed E-state index contributed by atoms with van der Waals surface area (Å²) in [5.41, 5.74) is 2.02. The first-order chi connectivity index (χ1) is 7.98. The van der Waals surface area contributed by atoms with Crippen LogP contribution in [-0.2, 0) is 4.74 Å². The molecule has 0 saturated heterocycles. The van der Waals surface area contributed by atoms with E-state index in [4.69, 9.17) is 4.74 Å². The van der Waals surface area contributed by atoms with Gasteiger partial charge in [0.2, 0.25) is 0 Å². The average Bonchev–Trinajstić information content (AvgIpc) is 2.31. The molecule has 0 spiro atoms. The molecule has 0 bridgehead atoms. The summed E-state index contributed by atoms with van der Waals surface area (Å²) in [4.78, 5) is 0. The second kappa shape index (κ2) is 6.03. The normalized spacial score (nSPS) is 13.5. The monoisotopic (exact) mass is 237 g/mol. The fourth-order valence-corrected chi connectivity index (χ4v) is 1.79. The fraction of sp³-hybridized carbons (Fsp3) is 0.571. The molecule has 96 valence electrons. The highest BCUT2D eigenvalue weighted by Gasteiger charge is 2.22. The van der Waals surface area contributed by atoms with Gasteiger partial charge in [-0.3, -0.25) is 0 Å². The number of hydrogen-bond acceptors (Lipinski definition) is 3. The molecule has 1 aromatic rings. The van der Waals surface area contributed by atoms with Crippen molar-refractivity contribution in [1.82, 2.24) is 0 Å². The van der Waals surface area contributed by atoms with Crippen LogP contribution in [0.2, 0.25) is 0 Å². The number of ether oxygens (including phenoxy) is 1. The third kappa shape index (κ3) is 4.36. The zero-order valence-corrected chi connectivity index (χ0v) is 11.2. The van der Waals surface area contributed by atoms with Gasteiger partial charge in [-0.25, -0.2) is 0 Å². The van der Waals surface area contributed by atoms with Crippen LogP contribution in [0.1, 0.15) is 25.8 Å². The largest absolute Gasteiger partial charge is 0.394 e. The zero-order valence-electron chi connectivity index (χ0n) is 11.2. The van der Waals surface area contributed by atoms with Crippen molar-refractivity contribution >= 4 is 5.69 Å². The van der Waals surface area contributed by atoms with Crippen LogP contribution in [-0.4, -0.2) is 30.5 Å². The molecule has 3 heteroatoms. The lowest BCUT2D eigenvalue weighted by atomic mass is 9.98. The molecular formula is C14H23NO2. The summed E-state index contributed by atoms with van der Waals surface area (Å²) in [6, 6.07) is 8.08. The fourth-order valence-electron chi connectivity index (χ4n) is 1.79. The highest BCUT2D eigenvalue weighted by Crippen LogP contribution is 2.20. The van der Waals surface area contributed by atoms with Gasteiger partial charge in [0.1, 0.15) is 0 Å². The molecule has 0 aliphatic rings. The van der Waals surface area contributed by atoms with E-state index in [0.717, 1.165) is 12.1 Å². The second-order valence-electron chi connectivity index (χ2n) is 5.01. The Morgan fingerprint density at radius 3 is 2.53 bits per heavy atom. The van der Waals surface area contributed by atoms with Crippen molar-refractivity contribution in [2.24, 2.45) is 0 Å². The molecule has 0 fully saturated rings. The lowest BCUT2D eigenvalue weighted by Crippen LogP contribution is -2.35. The molecule has 0 aliphatic heterocycles.